The molecular weight excluding hydrogens is 338 g/mol. The number of amides is 1. The van der Waals surface area contributed by atoms with Crippen LogP contribution in [0.4, 0.5) is 0 Å². The fourth-order valence-electron chi connectivity index (χ4n) is 3.75. The minimum Gasteiger partial charge on any atom is -0.393 e. The van der Waals surface area contributed by atoms with Crippen LogP contribution < -0.4 is 0 Å². The predicted octanol–water partition coefficient (Wildman–Crippen LogP) is 0.841. The highest BCUT2D eigenvalue weighted by Gasteiger charge is 2.27. The van der Waals surface area contributed by atoms with Crippen LogP contribution in [0.15, 0.2) is 0 Å². The number of carbonyl (C=O) groups excluding carboxylic acids is 1. The van der Waals surface area contributed by atoms with Crippen molar-refractivity contribution in [3.8, 4) is 0 Å². The van der Waals surface area contributed by atoms with Gasteiger partial charge in [0.1, 0.15) is 11.6 Å². The predicted molar refractivity (Wildman–Crippen MR) is 98.5 cm³/mol. The molecule has 7 nitrogen and oxygen atoms in total. The fourth-order valence-corrected chi connectivity index (χ4v) is 4.18. The Morgan fingerprint density at radius 1 is 1.16 bits per heavy atom. The molecule has 1 aromatic rings. The summed E-state index contributed by atoms with van der Waals surface area (Å²) in [5.41, 5.74) is 0. The van der Waals surface area contributed by atoms with Crippen molar-refractivity contribution in [2.45, 2.75) is 44.2 Å². The molecule has 3 heterocycles. The van der Waals surface area contributed by atoms with Gasteiger partial charge >= 0.3 is 0 Å². The molecule has 0 spiro atoms. The number of aromatic nitrogens is 3. The van der Waals surface area contributed by atoms with Gasteiger partial charge in [0.2, 0.25) is 5.91 Å². The zero-order valence-corrected chi connectivity index (χ0v) is 16.0. The van der Waals surface area contributed by atoms with E-state index in [2.05, 4.69) is 26.7 Å². The zero-order chi connectivity index (χ0) is 17.8. The van der Waals surface area contributed by atoms with Gasteiger partial charge in [-0.05, 0) is 31.9 Å². The first-order chi connectivity index (χ1) is 12.1. The fraction of sp³-hybridized carbons (Fsp3) is 0.824. The third kappa shape index (κ3) is 4.54. The van der Waals surface area contributed by atoms with Gasteiger partial charge in [0.05, 0.1) is 18.4 Å². The van der Waals surface area contributed by atoms with Crippen molar-refractivity contribution in [2.24, 2.45) is 7.05 Å². The maximum Gasteiger partial charge on any atom is 0.232 e. The second-order valence-electron chi connectivity index (χ2n) is 7.13. The number of rotatable bonds is 5. The van der Waals surface area contributed by atoms with Crippen LogP contribution in [0.1, 0.15) is 43.3 Å². The van der Waals surface area contributed by atoms with Crippen LogP contribution in [-0.4, -0.2) is 79.9 Å². The second kappa shape index (κ2) is 8.51. The van der Waals surface area contributed by atoms with E-state index in [1.165, 1.54) is 0 Å². The molecule has 0 saturated carbocycles. The number of aliphatic hydroxyl groups excluding tert-OH is 1. The Morgan fingerprint density at radius 2 is 1.84 bits per heavy atom. The average Bonchev–Trinajstić information content (AvgIpc) is 2.98. The second-order valence-corrected chi connectivity index (χ2v) is 7.99. The van der Waals surface area contributed by atoms with Crippen LogP contribution in [0.3, 0.4) is 0 Å². The molecule has 0 aromatic carbocycles. The first-order valence-electron chi connectivity index (χ1n) is 9.13. The minimum atomic E-state index is -0.148. The summed E-state index contributed by atoms with van der Waals surface area (Å²) in [7, 11) is 2.05. The largest absolute Gasteiger partial charge is 0.393 e. The van der Waals surface area contributed by atoms with Crippen LogP contribution in [0, 0.1) is 0 Å². The Labute approximate surface area is 153 Å². The van der Waals surface area contributed by atoms with Crippen molar-refractivity contribution >= 4 is 17.7 Å². The summed E-state index contributed by atoms with van der Waals surface area (Å²) in [5.74, 6) is 3.24. The highest BCUT2D eigenvalue weighted by atomic mass is 32.2. The minimum absolute atomic E-state index is 0.148. The summed E-state index contributed by atoms with van der Waals surface area (Å²) in [4.78, 5) is 16.3. The molecule has 8 heteroatoms. The number of likely N-dealkylation sites (tertiary alicyclic amines) is 2. The third-order valence-electron chi connectivity index (χ3n) is 5.40. The van der Waals surface area contributed by atoms with E-state index >= 15 is 0 Å². The molecule has 3 rings (SSSR count). The summed E-state index contributed by atoms with van der Waals surface area (Å²) < 4.78 is 2.13. The first-order valence-corrected chi connectivity index (χ1v) is 10.5. The van der Waals surface area contributed by atoms with E-state index in [1.54, 1.807) is 11.8 Å². The van der Waals surface area contributed by atoms with Crippen molar-refractivity contribution in [2.75, 3.05) is 38.2 Å². The van der Waals surface area contributed by atoms with E-state index in [0.29, 0.717) is 11.7 Å². The van der Waals surface area contributed by atoms with Crippen molar-refractivity contribution in [1.29, 1.82) is 0 Å². The van der Waals surface area contributed by atoms with E-state index in [-0.39, 0.29) is 12.0 Å². The van der Waals surface area contributed by atoms with Crippen molar-refractivity contribution in [1.82, 2.24) is 24.6 Å². The lowest BCUT2D eigenvalue weighted by Gasteiger charge is -2.31. The standard InChI is InChI=1S/C17H29N5O2S/c1-20-15(11-21-7-5-14(23)6-8-21)18-19-17(20)13-3-9-22(10-4-13)16(24)12-25-2/h13-14,23H,3-12H2,1-2H3. The van der Waals surface area contributed by atoms with Gasteiger partial charge in [-0.3, -0.25) is 9.69 Å². The van der Waals surface area contributed by atoms with E-state index in [9.17, 15) is 9.90 Å². The number of aliphatic hydroxyl groups is 1. The third-order valence-corrected chi connectivity index (χ3v) is 5.94. The lowest BCUT2D eigenvalue weighted by molar-refractivity contribution is -0.129. The summed E-state index contributed by atoms with van der Waals surface area (Å²) in [6.45, 7) is 4.26. The van der Waals surface area contributed by atoms with E-state index in [4.69, 9.17) is 0 Å². The van der Waals surface area contributed by atoms with Crippen LogP contribution in [0.5, 0.6) is 0 Å². The molecule has 0 aliphatic carbocycles. The van der Waals surface area contributed by atoms with Gasteiger partial charge in [0, 0.05) is 39.1 Å². The normalized spacial score (nSPS) is 21.0. The Morgan fingerprint density at radius 3 is 2.48 bits per heavy atom. The van der Waals surface area contributed by atoms with Gasteiger partial charge in [-0.2, -0.15) is 11.8 Å². The summed E-state index contributed by atoms with van der Waals surface area (Å²) in [6.07, 6.45) is 5.42. The Balaban J connectivity index is 1.56. The molecule has 1 amide bonds. The summed E-state index contributed by atoms with van der Waals surface area (Å²) in [6, 6.07) is 0. The smallest absolute Gasteiger partial charge is 0.232 e. The van der Waals surface area contributed by atoms with E-state index < -0.39 is 0 Å². The zero-order valence-electron chi connectivity index (χ0n) is 15.2. The molecule has 140 valence electrons. The number of thioether (sulfide) groups is 1. The van der Waals surface area contributed by atoms with Gasteiger partial charge in [-0.15, -0.1) is 10.2 Å². The Hall–Kier alpha value is -1.12. The van der Waals surface area contributed by atoms with Gasteiger partial charge in [0.15, 0.2) is 0 Å². The molecule has 2 aliphatic heterocycles. The number of nitrogens with zero attached hydrogens (tertiary/aromatic N) is 5. The van der Waals surface area contributed by atoms with Crippen LogP contribution in [0.2, 0.25) is 0 Å². The first kappa shape index (κ1) is 18.7. The maximum absolute atomic E-state index is 12.0. The molecule has 1 N–H and O–H groups in total. The van der Waals surface area contributed by atoms with Crippen LogP contribution in [-0.2, 0) is 18.4 Å². The van der Waals surface area contributed by atoms with Gasteiger partial charge in [-0.25, -0.2) is 0 Å². The molecule has 2 fully saturated rings. The molecule has 2 saturated heterocycles. The van der Waals surface area contributed by atoms with Crippen LogP contribution >= 0.6 is 11.8 Å². The number of piperidine rings is 2. The number of hydrogen-bond acceptors (Lipinski definition) is 6. The molecule has 0 bridgehead atoms. The van der Waals surface area contributed by atoms with Crippen LogP contribution in [0.25, 0.3) is 0 Å². The maximum atomic E-state index is 12.0. The molecule has 25 heavy (non-hydrogen) atoms. The summed E-state index contributed by atoms with van der Waals surface area (Å²) in [5, 5.41) is 18.5. The highest BCUT2D eigenvalue weighted by molar-refractivity contribution is 7.99. The van der Waals surface area contributed by atoms with Gasteiger partial charge in [-0.1, -0.05) is 0 Å². The lowest BCUT2D eigenvalue weighted by atomic mass is 9.96. The Bertz CT molecular complexity index is 578. The monoisotopic (exact) mass is 367 g/mol. The molecule has 0 atom stereocenters. The summed E-state index contributed by atoms with van der Waals surface area (Å²) >= 11 is 1.58. The SMILES string of the molecule is CSCC(=O)N1CCC(c2nnc(CN3CCC(O)CC3)n2C)CC1. The van der Waals surface area contributed by atoms with Crippen molar-refractivity contribution < 1.29 is 9.90 Å². The quantitative estimate of drug-likeness (QED) is 0.831. The van der Waals surface area contributed by atoms with Crippen molar-refractivity contribution in [3.05, 3.63) is 11.6 Å². The molecule has 2 aliphatic rings. The molecular formula is C17H29N5O2S. The topological polar surface area (TPSA) is 74.5 Å². The Kier molecular flexibility index (Phi) is 6.35. The molecule has 0 radical (unpaired) electrons. The van der Waals surface area contributed by atoms with Crippen molar-refractivity contribution in [3.63, 3.8) is 0 Å². The molecule has 0 unspecified atom stereocenters. The van der Waals surface area contributed by atoms with E-state index in [1.807, 2.05) is 11.2 Å². The average molecular weight is 368 g/mol. The number of hydrogen-bond donors (Lipinski definition) is 1. The molecule has 1 aromatic heterocycles. The highest BCUT2D eigenvalue weighted by Crippen LogP contribution is 2.27. The van der Waals surface area contributed by atoms with E-state index in [0.717, 1.165) is 70.1 Å². The lowest BCUT2D eigenvalue weighted by Crippen LogP contribution is -2.39. The van der Waals surface area contributed by atoms with Gasteiger partial charge in [0.25, 0.3) is 0 Å². The number of carbonyl (C=O) groups is 1. The van der Waals surface area contributed by atoms with Gasteiger partial charge < -0.3 is 14.6 Å².